The summed E-state index contributed by atoms with van der Waals surface area (Å²) in [5.74, 6) is -0.261. The van der Waals surface area contributed by atoms with Gasteiger partial charge in [0.2, 0.25) is 0 Å². The summed E-state index contributed by atoms with van der Waals surface area (Å²) in [6.07, 6.45) is -3.24. The van der Waals surface area contributed by atoms with Gasteiger partial charge in [0, 0.05) is 6.54 Å². The molecular weight excluding hydrogens is 283 g/mol. The van der Waals surface area contributed by atoms with E-state index in [0.717, 1.165) is 4.90 Å². The van der Waals surface area contributed by atoms with Gasteiger partial charge in [-0.1, -0.05) is 13.8 Å². The van der Waals surface area contributed by atoms with Crippen molar-refractivity contribution >= 4 is 11.7 Å². The number of nitrogens with one attached hydrogen (secondary N) is 1. The molecule has 118 valence electrons. The van der Waals surface area contributed by atoms with Crippen molar-refractivity contribution in [3.8, 4) is 0 Å². The zero-order valence-corrected chi connectivity index (χ0v) is 12.4. The monoisotopic (exact) mass is 303 g/mol. The highest BCUT2D eigenvalue weighted by atomic mass is 19.4. The van der Waals surface area contributed by atoms with Gasteiger partial charge in [-0.15, -0.1) is 5.10 Å². The number of halogens is 3. The Hall–Kier alpha value is -1.86. The smallest absolute Gasteiger partial charge is 0.384 e. The van der Waals surface area contributed by atoms with Gasteiger partial charge in [0.1, 0.15) is 12.4 Å². The van der Waals surface area contributed by atoms with Crippen LogP contribution in [-0.4, -0.2) is 35.3 Å². The molecule has 1 heterocycles. The zero-order valence-electron chi connectivity index (χ0n) is 12.4. The van der Waals surface area contributed by atoms with Crippen LogP contribution in [0.4, 0.5) is 19.0 Å². The van der Waals surface area contributed by atoms with E-state index < -0.39 is 12.7 Å². The molecule has 21 heavy (non-hydrogen) atoms. The average molecular weight is 303 g/mol. The molecule has 5 nitrogen and oxygen atoms in total. The Balaban J connectivity index is 3.43. The molecule has 0 saturated carbocycles. The molecule has 0 aliphatic carbocycles. The van der Waals surface area contributed by atoms with Gasteiger partial charge >= 0.3 is 6.18 Å². The van der Waals surface area contributed by atoms with Gasteiger partial charge in [-0.25, -0.2) is 0 Å². The third-order valence-corrected chi connectivity index (χ3v) is 3.15. The first-order chi connectivity index (χ1) is 9.75. The van der Waals surface area contributed by atoms with Crippen LogP contribution < -0.4 is 10.6 Å². The van der Waals surface area contributed by atoms with E-state index in [1.165, 1.54) is 0 Å². The Labute approximate surface area is 121 Å². The molecular formula is C13H20F3N5. The van der Waals surface area contributed by atoms with Gasteiger partial charge in [0.25, 0.3) is 0 Å². The van der Waals surface area contributed by atoms with Crippen molar-refractivity contribution in [2.24, 2.45) is 5.73 Å². The minimum absolute atomic E-state index is 0.0244. The third-order valence-electron chi connectivity index (χ3n) is 3.15. The Bertz CT molecular complexity index is 513. The van der Waals surface area contributed by atoms with Crippen LogP contribution in [-0.2, 0) is 12.8 Å². The van der Waals surface area contributed by atoms with Crippen molar-refractivity contribution < 1.29 is 13.2 Å². The van der Waals surface area contributed by atoms with Crippen LogP contribution in [0.25, 0.3) is 0 Å². The van der Waals surface area contributed by atoms with E-state index in [2.05, 4.69) is 10.2 Å². The summed E-state index contributed by atoms with van der Waals surface area (Å²) < 4.78 is 38.0. The fourth-order valence-corrected chi connectivity index (χ4v) is 2.22. The van der Waals surface area contributed by atoms with E-state index >= 15 is 0 Å². The summed E-state index contributed by atoms with van der Waals surface area (Å²) in [6.45, 7) is 4.28. The van der Waals surface area contributed by atoms with Crippen LogP contribution in [0.1, 0.15) is 37.6 Å². The Kier molecular flexibility index (Phi) is 5.51. The quantitative estimate of drug-likeness (QED) is 0.624. The molecule has 0 amide bonds. The number of rotatable bonds is 6. The Morgan fingerprint density at radius 2 is 1.81 bits per heavy atom. The molecule has 0 atom stereocenters. The van der Waals surface area contributed by atoms with E-state index in [1.807, 2.05) is 13.8 Å². The molecule has 0 bridgehead atoms. The highest BCUT2D eigenvalue weighted by Crippen LogP contribution is 2.26. The van der Waals surface area contributed by atoms with Gasteiger partial charge in [0.05, 0.1) is 11.3 Å². The molecule has 0 aliphatic heterocycles. The fourth-order valence-electron chi connectivity index (χ4n) is 2.22. The molecule has 0 radical (unpaired) electrons. The van der Waals surface area contributed by atoms with Crippen molar-refractivity contribution in [3.05, 3.63) is 16.8 Å². The van der Waals surface area contributed by atoms with Crippen LogP contribution in [0, 0.1) is 5.41 Å². The molecule has 0 aromatic carbocycles. The molecule has 3 N–H and O–H groups in total. The number of nitrogens with zero attached hydrogens (tertiary/aromatic N) is 3. The lowest BCUT2D eigenvalue weighted by molar-refractivity contribution is -0.119. The fraction of sp³-hybridized carbons (Fsp3) is 0.615. The predicted octanol–water partition coefficient (Wildman–Crippen LogP) is 2.27. The molecule has 1 rings (SSSR count). The average Bonchev–Trinajstić information content (AvgIpc) is 2.41. The number of anilines is 1. The molecule has 1 aromatic heterocycles. The molecule has 0 saturated heterocycles. The van der Waals surface area contributed by atoms with Gasteiger partial charge in [-0.3, -0.25) is 5.41 Å². The van der Waals surface area contributed by atoms with E-state index in [-0.39, 0.29) is 23.8 Å². The van der Waals surface area contributed by atoms with Crippen LogP contribution in [0.5, 0.6) is 0 Å². The van der Waals surface area contributed by atoms with E-state index in [0.29, 0.717) is 24.1 Å². The second kappa shape index (κ2) is 6.73. The lowest BCUT2D eigenvalue weighted by Gasteiger charge is -2.26. The first-order valence-corrected chi connectivity index (χ1v) is 6.79. The second-order valence-corrected chi connectivity index (χ2v) is 4.57. The van der Waals surface area contributed by atoms with Crippen LogP contribution in [0.2, 0.25) is 0 Å². The number of hydrogen-bond donors (Lipinski definition) is 2. The summed E-state index contributed by atoms with van der Waals surface area (Å²) in [6, 6.07) is 0. The minimum Gasteiger partial charge on any atom is -0.384 e. The highest BCUT2D eigenvalue weighted by molar-refractivity contribution is 6.01. The second-order valence-electron chi connectivity index (χ2n) is 4.57. The maximum Gasteiger partial charge on any atom is 0.405 e. The van der Waals surface area contributed by atoms with Crippen LogP contribution in [0.3, 0.4) is 0 Å². The van der Waals surface area contributed by atoms with Crippen molar-refractivity contribution in [3.63, 3.8) is 0 Å². The zero-order chi connectivity index (χ0) is 16.2. The minimum atomic E-state index is -4.36. The predicted molar refractivity (Wildman–Crippen MR) is 75.7 cm³/mol. The summed E-state index contributed by atoms with van der Waals surface area (Å²) in [7, 11) is 0. The van der Waals surface area contributed by atoms with Gasteiger partial charge < -0.3 is 10.6 Å². The lowest BCUT2D eigenvalue weighted by Crippen LogP contribution is -2.37. The van der Waals surface area contributed by atoms with Crippen molar-refractivity contribution in [2.45, 2.75) is 39.8 Å². The topological polar surface area (TPSA) is 78.9 Å². The number of nitrogens with two attached hydrogens (primary N) is 1. The number of amidine groups is 1. The SMILES string of the molecule is CCc1nnc(N(CC)CC(F)(F)F)c(C(=N)N)c1CC. The summed E-state index contributed by atoms with van der Waals surface area (Å²) in [5.41, 5.74) is 7.19. The number of alkyl halides is 3. The summed E-state index contributed by atoms with van der Waals surface area (Å²) >= 11 is 0. The third kappa shape index (κ3) is 4.05. The van der Waals surface area contributed by atoms with Crippen LogP contribution in [0.15, 0.2) is 0 Å². The summed E-state index contributed by atoms with van der Waals surface area (Å²) in [5, 5.41) is 15.6. The lowest BCUT2D eigenvalue weighted by atomic mass is 10.0. The number of aromatic nitrogens is 2. The largest absolute Gasteiger partial charge is 0.405 e. The van der Waals surface area contributed by atoms with Gasteiger partial charge in [-0.2, -0.15) is 18.3 Å². The standard InChI is InChI=1S/C13H20F3N5/c1-4-8-9(5-2)19-20-12(10(8)11(17)18)21(6-3)7-13(14,15)16/h4-7H2,1-3H3,(H3,17,18). The molecule has 0 aliphatic rings. The molecule has 0 fully saturated rings. The first kappa shape index (κ1) is 17.2. The van der Waals surface area contributed by atoms with E-state index in [1.54, 1.807) is 6.92 Å². The van der Waals surface area contributed by atoms with Crippen molar-refractivity contribution in [2.75, 3.05) is 18.0 Å². The number of aryl methyl sites for hydroxylation is 1. The van der Waals surface area contributed by atoms with E-state index in [4.69, 9.17) is 11.1 Å². The summed E-state index contributed by atoms with van der Waals surface area (Å²) in [4.78, 5) is 1.04. The molecule has 0 unspecified atom stereocenters. The molecule has 0 spiro atoms. The maximum absolute atomic E-state index is 12.7. The van der Waals surface area contributed by atoms with Gasteiger partial charge in [-0.05, 0) is 25.3 Å². The van der Waals surface area contributed by atoms with E-state index in [9.17, 15) is 13.2 Å². The first-order valence-electron chi connectivity index (χ1n) is 6.79. The highest BCUT2D eigenvalue weighted by Gasteiger charge is 2.32. The van der Waals surface area contributed by atoms with Gasteiger partial charge in [0.15, 0.2) is 5.82 Å². The van der Waals surface area contributed by atoms with Crippen molar-refractivity contribution in [1.29, 1.82) is 5.41 Å². The Morgan fingerprint density at radius 3 is 2.19 bits per heavy atom. The maximum atomic E-state index is 12.7. The molecule has 1 aromatic rings. The van der Waals surface area contributed by atoms with Crippen LogP contribution >= 0.6 is 0 Å². The van der Waals surface area contributed by atoms with Crippen molar-refractivity contribution in [1.82, 2.24) is 10.2 Å². The Morgan fingerprint density at radius 1 is 1.19 bits per heavy atom. The normalized spacial score (nSPS) is 11.5. The number of nitrogen functional groups attached to an aromatic ring is 1. The number of hydrogen-bond acceptors (Lipinski definition) is 4. The molecule has 8 heteroatoms.